The SMILES string of the molecule is O=[N+]([O-])C1([N+](=O)[O-])C=CCC=C1. The minimum atomic E-state index is -2.24. The van der Waals surface area contributed by atoms with Crippen LogP contribution >= 0.6 is 0 Å². The topological polar surface area (TPSA) is 86.3 Å². The second kappa shape index (κ2) is 2.72. The lowest BCUT2D eigenvalue weighted by Gasteiger charge is -2.10. The van der Waals surface area contributed by atoms with E-state index in [2.05, 4.69) is 0 Å². The van der Waals surface area contributed by atoms with Gasteiger partial charge < -0.3 is 0 Å². The molecular formula is C6H6N2O4. The molecule has 0 N–H and O–H groups in total. The van der Waals surface area contributed by atoms with Gasteiger partial charge >= 0.3 is 5.66 Å². The van der Waals surface area contributed by atoms with Crippen molar-refractivity contribution in [2.75, 3.05) is 0 Å². The Balaban J connectivity index is 3.10. The molecule has 0 spiro atoms. The summed E-state index contributed by atoms with van der Waals surface area (Å²) in [6.07, 6.45) is 5.31. The quantitative estimate of drug-likeness (QED) is 0.265. The molecule has 0 saturated carbocycles. The van der Waals surface area contributed by atoms with Crippen LogP contribution in [0.4, 0.5) is 0 Å². The number of hydrogen-bond acceptors (Lipinski definition) is 4. The molecule has 12 heavy (non-hydrogen) atoms. The fourth-order valence-electron chi connectivity index (χ4n) is 0.927. The second-order valence-corrected chi connectivity index (χ2v) is 2.34. The molecule has 6 nitrogen and oxygen atoms in total. The van der Waals surface area contributed by atoms with Crippen LogP contribution in [0.15, 0.2) is 24.3 Å². The van der Waals surface area contributed by atoms with E-state index in [4.69, 9.17) is 0 Å². The van der Waals surface area contributed by atoms with Crippen LogP contribution in [0.1, 0.15) is 6.42 Å². The maximum absolute atomic E-state index is 10.4. The minimum Gasteiger partial charge on any atom is -0.258 e. The smallest absolute Gasteiger partial charge is 0.258 e. The highest BCUT2D eigenvalue weighted by molar-refractivity contribution is 5.14. The van der Waals surface area contributed by atoms with Gasteiger partial charge in [0.15, 0.2) is 0 Å². The van der Waals surface area contributed by atoms with E-state index in [0.29, 0.717) is 6.42 Å². The Morgan fingerprint density at radius 1 is 1.08 bits per heavy atom. The lowest BCUT2D eigenvalue weighted by atomic mass is 10.1. The van der Waals surface area contributed by atoms with Gasteiger partial charge in [0.1, 0.15) is 9.85 Å². The van der Waals surface area contributed by atoms with Gasteiger partial charge in [-0.05, 0) is 6.42 Å². The van der Waals surface area contributed by atoms with Gasteiger partial charge in [0.05, 0.1) is 12.2 Å². The molecule has 0 fully saturated rings. The number of rotatable bonds is 2. The summed E-state index contributed by atoms with van der Waals surface area (Å²) in [6, 6.07) is 0. The standard InChI is InChI=1S/C6H6N2O4/c9-7(10)6(8(11)12)4-2-1-3-5-6/h2-5H,1H2. The van der Waals surface area contributed by atoms with Gasteiger partial charge in [-0.1, -0.05) is 12.2 Å². The predicted molar refractivity (Wildman–Crippen MR) is 39.6 cm³/mol. The van der Waals surface area contributed by atoms with Crippen molar-refractivity contribution in [1.82, 2.24) is 0 Å². The minimum absolute atomic E-state index is 0.503. The van der Waals surface area contributed by atoms with Crippen LogP contribution in [0.5, 0.6) is 0 Å². The monoisotopic (exact) mass is 170 g/mol. The van der Waals surface area contributed by atoms with E-state index < -0.39 is 15.5 Å². The molecule has 0 atom stereocenters. The first-order chi connectivity index (χ1) is 5.59. The Hall–Kier alpha value is -1.72. The van der Waals surface area contributed by atoms with E-state index in [1.807, 2.05) is 0 Å². The molecule has 0 amide bonds. The largest absolute Gasteiger partial charge is 0.497 e. The summed E-state index contributed by atoms with van der Waals surface area (Å²) in [5.41, 5.74) is -2.24. The zero-order chi connectivity index (χ0) is 9.19. The Morgan fingerprint density at radius 3 is 1.75 bits per heavy atom. The van der Waals surface area contributed by atoms with Crippen LogP contribution < -0.4 is 0 Å². The molecule has 64 valence electrons. The fraction of sp³-hybridized carbons (Fsp3) is 0.333. The third kappa shape index (κ3) is 1.07. The first-order valence-corrected chi connectivity index (χ1v) is 3.24. The van der Waals surface area contributed by atoms with Gasteiger partial charge in [0, 0.05) is 0 Å². The van der Waals surface area contributed by atoms with Crippen molar-refractivity contribution in [2.24, 2.45) is 0 Å². The molecule has 1 aliphatic rings. The van der Waals surface area contributed by atoms with Crippen LogP contribution in [0.25, 0.3) is 0 Å². The first kappa shape index (κ1) is 8.38. The first-order valence-electron chi connectivity index (χ1n) is 3.24. The van der Waals surface area contributed by atoms with Gasteiger partial charge in [0.25, 0.3) is 0 Å². The molecule has 0 aromatic heterocycles. The third-order valence-corrected chi connectivity index (χ3v) is 1.58. The van der Waals surface area contributed by atoms with E-state index >= 15 is 0 Å². The molecule has 0 bridgehead atoms. The van der Waals surface area contributed by atoms with Gasteiger partial charge in [-0.25, -0.2) is 0 Å². The summed E-state index contributed by atoms with van der Waals surface area (Å²) in [7, 11) is 0. The molecule has 1 rings (SSSR count). The Morgan fingerprint density at radius 2 is 1.50 bits per heavy atom. The number of nitrogens with zero attached hydrogens (tertiary/aromatic N) is 2. The van der Waals surface area contributed by atoms with Gasteiger partial charge in [-0.3, -0.25) is 20.2 Å². The fourth-order valence-corrected chi connectivity index (χ4v) is 0.927. The Bertz CT molecular complexity index is 253. The normalized spacial score (nSPS) is 19.0. The van der Waals surface area contributed by atoms with Crippen molar-refractivity contribution in [1.29, 1.82) is 0 Å². The average molecular weight is 170 g/mol. The van der Waals surface area contributed by atoms with Crippen LogP contribution in [-0.4, -0.2) is 15.5 Å². The predicted octanol–water partition coefficient (Wildman–Crippen LogP) is 0.752. The molecule has 0 saturated heterocycles. The number of allylic oxidation sites excluding steroid dienone is 2. The maximum atomic E-state index is 10.4. The van der Waals surface area contributed by atoms with Crippen molar-refractivity contribution in [3.63, 3.8) is 0 Å². The van der Waals surface area contributed by atoms with Crippen molar-refractivity contribution < 1.29 is 9.85 Å². The molecule has 0 radical (unpaired) electrons. The van der Waals surface area contributed by atoms with Crippen LogP contribution in [-0.2, 0) is 0 Å². The van der Waals surface area contributed by atoms with Gasteiger partial charge in [-0.2, -0.15) is 0 Å². The Labute approximate surface area is 67.5 Å². The summed E-state index contributed by atoms with van der Waals surface area (Å²) in [5.74, 6) is 0. The molecule has 0 heterocycles. The van der Waals surface area contributed by atoms with Crippen LogP contribution in [0, 0.1) is 20.2 Å². The number of nitro groups is 2. The molecular weight excluding hydrogens is 164 g/mol. The highest BCUT2D eigenvalue weighted by Crippen LogP contribution is 2.19. The molecule has 0 aliphatic heterocycles. The maximum Gasteiger partial charge on any atom is 0.497 e. The molecule has 0 aromatic carbocycles. The highest BCUT2D eigenvalue weighted by Gasteiger charge is 2.51. The van der Waals surface area contributed by atoms with Crippen molar-refractivity contribution in [3.05, 3.63) is 44.5 Å². The van der Waals surface area contributed by atoms with E-state index in [1.54, 1.807) is 0 Å². The molecule has 0 unspecified atom stereocenters. The second-order valence-electron chi connectivity index (χ2n) is 2.34. The zero-order valence-electron chi connectivity index (χ0n) is 6.04. The summed E-state index contributed by atoms with van der Waals surface area (Å²) < 4.78 is 0. The Kier molecular flexibility index (Phi) is 1.90. The third-order valence-electron chi connectivity index (χ3n) is 1.58. The lowest BCUT2D eigenvalue weighted by Crippen LogP contribution is -2.43. The van der Waals surface area contributed by atoms with E-state index in [-0.39, 0.29) is 0 Å². The molecule has 1 aliphatic carbocycles. The van der Waals surface area contributed by atoms with Gasteiger partial charge in [-0.15, -0.1) is 0 Å². The van der Waals surface area contributed by atoms with Crippen molar-refractivity contribution in [3.8, 4) is 0 Å². The van der Waals surface area contributed by atoms with E-state index in [1.165, 1.54) is 12.2 Å². The van der Waals surface area contributed by atoms with Crippen LogP contribution in [0.2, 0.25) is 0 Å². The molecule has 0 aromatic rings. The average Bonchev–Trinajstić information content (AvgIpc) is 2.05. The van der Waals surface area contributed by atoms with Crippen LogP contribution in [0.3, 0.4) is 0 Å². The van der Waals surface area contributed by atoms with E-state index in [9.17, 15) is 20.2 Å². The summed E-state index contributed by atoms with van der Waals surface area (Å²) in [6.45, 7) is 0. The molecule has 6 heteroatoms. The zero-order valence-corrected chi connectivity index (χ0v) is 6.04. The van der Waals surface area contributed by atoms with Gasteiger partial charge in [0.2, 0.25) is 0 Å². The highest BCUT2D eigenvalue weighted by atomic mass is 16.7. The lowest BCUT2D eigenvalue weighted by molar-refractivity contribution is -0.765. The van der Waals surface area contributed by atoms with E-state index in [0.717, 1.165) is 12.2 Å². The summed E-state index contributed by atoms with van der Waals surface area (Å²) >= 11 is 0. The van der Waals surface area contributed by atoms with Crippen molar-refractivity contribution >= 4 is 0 Å². The summed E-state index contributed by atoms with van der Waals surface area (Å²) in [4.78, 5) is 18.9. The summed E-state index contributed by atoms with van der Waals surface area (Å²) in [5, 5.41) is 20.8. The van der Waals surface area contributed by atoms with Crippen molar-refractivity contribution in [2.45, 2.75) is 12.1 Å². The number of hydrogen-bond donors (Lipinski definition) is 0.